The van der Waals surface area contributed by atoms with Gasteiger partial charge in [0.2, 0.25) is 5.91 Å². The fourth-order valence-corrected chi connectivity index (χ4v) is 4.79. The van der Waals surface area contributed by atoms with Gasteiger partial charge in [0.1, 0.15) is 12.2 Å². The molecular formula is C32H63NO5. The van der Waals surface area contributed by atoms with Gasteiger partial charge in [-0.05, 0) is 38.5 Å². The summed E-state index contributed by atoms with van der Waals surface area (Å²) in [7, 11) is 0. The zero-order valence-electron chi connectivity index (χ0n) is 24.9. The van der Waals surface area contributed by atoms with E-state index in [1.54, 1.807) is 0 Å². The van der Waals surface area contributed by atoms with Crippen LogP contribution in [0.15, 0.2) is 12.2 Å². The molecule has 0 aromatic rings. The highest BCUT2D eigenvalue weighted by molar-refractivity contribution is 5.80. The molecule has 0 fully saturated rings. The van der Waals surface area contributed by atoms with Gasteiger partial charge >= 0.3 is 0 Å². The Hall–Kier alpha value is -0.950. The zero-order chi connectivity index (χ0) is 28.3. The van der Waals surface area contributed by atoms with Gasteiger partial charge in [-0.25, -0.2) is 0 Å². The summed E-state index contributed by atoms with van der Waals surface area (Å²) in [4.78, 5) is 12.2. The minimum atomic E-state index is -1.25. The van der Waals surface area contributed by atoms with Crippen LogP contribution in [0.1, 0.15) is 155 Å². The number of hydrogen-bond donors (Lipinski definition) is 5. The van der Waals surface area contributed by atoms with Crippen molar-refractivity contribution in [1.29, 1.82) is 0 Å². The third kappa shape index (κ3) is 21.9. The smallest absolute Gasteiger partial charge is 0.249 e. The van der Waals surface area contributed by atoms with Crippen molar-refractivity contribution in [2.24, 2.45) is 0 Å². The Labute approximate surface area is 234 Å². The number of rotatable bonds is 28. The summed E-state index contributed by atoms with van der Waals surface area (Å²) in [6.07, 6.45) is 26.3. The van der Waals surface area contributed by atoms with Crippen molar-refractivity contribution < 1.29 is 25.2 Å². The van der Waals surface area contributed by atoms with E-state index >= 15 is 0 Å². The molecule has 0 aliphatic carbocycles. The molecule has 0 aliphatic heterocycles. The fourth-order valence-electron chi connectivity index (χ4n) is 4.79. The normalized spacial score (nSPS) is 15.0. The third-order valence-corrected chi connectivity index (χ3v) is 7.48. The molecule has 0 radical (unpaired) electrons. The average Bonchev–Trinajstić information content (AvgIpc) is 2.92. The lowest BCUT2D eigenvalue weighted by atomic mass is 10.0. The molecule has 0 aromatic heterocycles. The monoisotopic (exact) mass is 541 g/mol. The number of carbonyl (C=O) groups excluding carboxylic acids is 1. The van der Waals surface area contributed by atoms with Crippen LogP contribution in [0.3, 0.4) is 0 Å². The summed E-state index contributed by atoms with van der Waals surface area (Å²) in [5.74, 6) is -0.601. The van der Waals surface area contributed by atoms with E-state index in [-0.39, 0.29) is 0 Å². The number of allylic oxidation sites excluding steroid dienone is 2. The lowest BCUT2D eigenvalue weighted by Gasteiger charge is -2.27. The van der Waals surface area contributed by atoms with Crippen LogP contribution in [0.25, 0.3) is 0 Å². The largest absolute Gasteiger partial charge is 0.394 e. The van der Waals surface area contributed by atoms with E-state index in [9.17, 15) is 25.2 Å². The highest BCUT2D eigenvalue weighted by atomic mass is 16.3. The second-order valence-corrected chi connectivity index (χ2v) is 11.2. The van der Waals surface area contributed by atoms with Crippen LogP contribution in [0.4, 0.5) is 0 Å². The van der Waals surface area contributed by atoms with Crippen molar-refractivity contribution in [2.45, 2.75) is 179 Å². The molecule has 4 atom stereocenters. The Kier molecular flexibility index (Phi) is 26.9. The molecule has 6 nitrogen and oxygen atoms in total. The molecule has 6 heteroatoms. The number of hydrogen-bond acceptors (Lipinski definition) is 5. The van der Waals surface area contributed by atoms with Gasteiger partial charge in [-0.15, -0.1) is 0 Å². The average molecular weight is 542 g/mol. The first kappa shape index (κ1) is 37.0. The van der Waals surface area contributed by atoms with Gasteiger partial charge in [0.15, 0.2) is 0 Å². The van der Waals surface area contributed by atoms with Crippen LogP contribution in [0, 0.1) is 0 Å². The van der Waals surface area contributed by atoms with Gasteiger partial charge < -0.3 is 25.7 Å². The number of carbonyl (C=O) groups is 1. The maximum atomic E-state index is 12.2. The van der Waals surface area contributed by atoms with E-state index in [0.29, 0.717) is 12.8 Å². The highest BCUT2D eigenvalue weighted by Crippen LogP contribution is 2.13. The fraction of sp³-hybridized carbons (Fsp3) is 0.906. The topological polar surface area (TPSA) is 110 Å². The molecule has 1 amide bonds. The highest BCUT2D eigenvalue weighted by Gasteiger charge is 2.28. The van der Waals surface area contributed by atoms with Crippen molar-refractivity contribution >= 4 is 5.91 Å². The lowest BCUT2D eigenvalue weighted by Crippen LogP contribution is -2.53. The predicted molar refractivity (Wildman–Crippen MR) is 159 cm³/mol. The molecule has 38 heavy (non-hydrogen) atoms. The first-order valence-corrected chi connectivity index (χ1v) is 16.1. The minimum absolute atomic E-state index is 0.361. The Morgan fingerprint density at radius 3 is 1.55 bits per heavy atom. The maximum Gasteiger partial charge on any atom is 0.249 e. The molecule has 0 bridgehead atoms. The summed E-state index contributed by atoms with van der Waals surface area (Å²) in [5.41, 5.74) is 0. The predicted octanol–water partition coefficient (Wildman–Crippen LogP) is 6.72. The van der Waals surface area contributed by atoms with Crippen LogP contribution in [0.2, 0.25) is 0 Å². The standard InChI is InChI=1S/C32H63NO5/c1-3-5-7-8-9-10-11-12-13-14-15-16-17-18-19-20-21-22-23-24-26-30(36)32(38)33-28(27-34)31(37)29(35)25-6-4-2/h16-17,28-31,34-37H,3-15,18-27H2,1-2H3,(H,33,38)/b17-16-. The molecule has 0 rings (SSSR count). The van der Waals surface area contributed by atoms with E-state index in [0.717, 1.165) is 38.5 Å². The molecular weight excluding hydrogens is 478 g/mol. The summed E-state index contributed by atoms with van der Waals surface area (Å²) in [6.45, 7) is 3.77. The Bertz CT molecular complexity index is 542. The Balaban J connectivity index is 3.62. The molecule has 0 saturated carbocycles. The summed E-state index contributed by atoms with van der Waals surface area (Å²) < 4.78 is 0. The van der Waals surface area contributed by atoms with Gasteiger partial charge in [0, 0.05) is 0 Å². The first-order chi connectivity index (χ1) is 18.5. The quantitative estimate of drug-likeness (QED) is 0.0557. The van der Waals surface area contributed by atoms with Gasteiger partial charge in [-0.2, -0.15) is 0 Å². The maximum absolute atomic E-state index is 12.2. The second kappa shape index (κ2) is 27.6. The molecule has 5 N–H and O–H groups in total. The van der Waals surface area contributed by atoms with E-state index in [1.165, 1.54) is 89.9 Å². The van der Waals surface area contributed by atoms with Gasteiger partial charge in [-0.1, -0.05) is 129 Å². The molecule has 0 heterocycles. The van der Waals surface area contributed by atoms with Crippen molar-refractivity contribution in [3.05, 3.63) is 12.2 Å². The van der Waals surface area contributed by atoms with Crippen molar-refractivity contribution in [3.8, 4) is 0 Å². The number of nitrogens with one attached hydrogen (secondary N) is 1. The van der Waals surface area contributed by atoms with E-state index < -0.39 is 36.9 Å². The van der Waals surface area contributed by atoms with Gasteiger partial charge in [-0.3, -0.25) is 4.79 Å². The number of amides is 1. The summed E-state index contributed by atoms with van der Waals surface area (Å²) in [6, 6.07) is -0.979. The van der Waals surface area contributed by atoms with E-state index in [4.69, 9.17) is 0 Å². The minimum Gasteiger partial charge on any atom is -0.394 e. The molecule has 226 valence electrons. The number of unbranched alkanes of at least 4 members (excludes halogenated alkanes) is 17. The summed E-state index contributed by atoms with van der Waals surface area (Å²) in [5, 5.41) is 42.3. The lowest BCUT2D eigenvalue weighted by molar-refractivity contribution is -0.132. The van der Waals surface area contributed by atoms with Crippen molar-refractivity contribution in [1.82, 2.24) is 5.32 Å². The van der Waals surface area contributed by atoms with E-state index in [1.807, 2.05) is 6.92 Å². The Morgan fingerprint density at radius 2 is 1.08 bits per heavy atom. The van der Waals surface area contributed by atoms with Crippen molar-refractivity contribution in [2.75, 3.05) is 6.61 Å². The van der Waals surface area contributed by atoms with Crippen LogP contribution >= 0.6 is 0 Å². The Morgan fingerprint density at radius 1 is 0.632 bits per heavy atom. The SMILES string of the molecule is CCCCCCCCCCCC/C=C\CCCCCCCCC(O)C(=O)NC(CO)C(O)C(O)CCCC. The van der Waals surface area contributed by atoms with Crippen LogP contribution in [-0.4, -0.2) is 57.3 Å². The van der Waals surface area contributed by atoms with Crippen LogP contribution in [-0.2, 0) is 4.79 Å². The van der Waals surface area contributed by atoms with Gasteiger partial charge in [0.25, 0.3) is 0 Å². The third-order valence-electron chi connectivity index (χ3n) is 7.48. The molecule has 0 saturated heterocycles. The number of aliphatic hydroxyl groups excluding tert-OH is 4. The van der Waals surface area contributed by atoms with Gasteiger partial charge in [0.05, 0.1) is 18.8 Å². The molecule has 4 unspecified atom stereocenters. The molecule has 0 aromatic carbocycles. The van der Waals surface area contributed by atoms with Crippen LogP contribution < -0.4 is 5.32 Å². The molecule has 0 spiro atoms. The summed E-state index contributed by atoms with van der Waals surface area (Å²) >= 11 is 0. The number of aliphatic hydroxyl groups is 4. The molecule has 0 aliphatic rings. The zero-order valence-corrected chi connectivity index (χ0v) is 24.9. The first-order valence-electron chi connectivity index (χ1n) is 16.1. The second-order valence-electron chi connectivity index (χ2n) is 11.2. The van der Waals surface area contributed by atoms with E-state index in [2.05, 4.69) is 24.4 Å². The van der Waals surface area contributed by atoms with Crippen LogP contribution in [0.5, 0.6) is 0 Å². The van der Waals surface area contributed by atoms with Crippen molar-refractivity contribution in [3.63, 3.8) is 0 Å².